The smallest absolute Gasteiger partial charge is 0.342 e. The van der Waals surface area contributed by atoms with Crippen LogP contribution in [0.3, 0.4) is 0 Å². The van der Waals surface area contributed by atoms with Gasteiger partial charge in [0.25, 0.3) is 0 Å². The lowest BCUT2D eigenvalue weighted by Gasteiger charge is -2.38. The summed E-state index contributed by atoms with van der Waals surface area (Å²) >= 11 is 0. The van der Waals surface area contributed by atoms with Crippen molar-refractivity contribution in [3.8, 4) is 11.7 Å². The van der Waals surface area contributed by atoms with Crippen LogP contribution in [0.5, 0.6) is 5.88 Å². The van der Waals surface area contributed by atoms with E-state index in [0.717, 1.165) is 62.5 Å². The number of hydrogen-bond acceptors (Lipinski definition) is 7. The number of allylic oxidation sites excluding steroid dienone is 3. The van der Waals surface area contributed by atoms with Gasteiger partial charge in [-0.05, 0) is 100 Å². The van der Waals surface area contributed by atoms with E-state index in [1.165, 1.54) is 39.6 Å². The molecule has 1 N–H and O–H groups in total. The number of ether oxygens (including phenoxy) is 3. The molecule has 0 unspecified atom stereocenters. The summed E-state index contributed by atoms with van der Waals surface area (Å²) in [6, 6.07) is 10.6. The molecule has 9 nitrogen and oxygen atoms in total. The lowest BCUT2D eigenvalue weighted by atomic mass is 9.90. The average molecular weight is 615 g/mol. The molecule has 1 fully saturated rings. The highest BCUT2D eigenvalue weighted by Gasteiger charge is 2.27. The van der Waals surface area contributed by atoms with Crippen molar-refractivity contribution in [2.45, 2.75) is 92.5 Å². The van der Waals surface area contributed by atoms with Crippen LogP contribution in [0.4, 0.5) is 0 Å². The van der Waals surface area contributed by atoms with Crippen molar-refractivity contribution in [1.82, 2.24) is 19.7 Å². The highest BCUT2D eigenvalue weighted by Crippen LogP contribution is 2.32. The molecule has 2 aliphatic rings. The second kappa shape index (κ2) is 14.4. The van der Waals surface area contributed by atoms with Gasteiger partial charge in [0.2, 0.25) is 5.88 Å². The van der Waals surface area contributed by atoms with Crippen LogP contribution in [0.1, 0.15) is 92.2 Å². The SMILES string of the molecule is C/C=C(\C(OCc1ccc2c(c1C)CCN([C@H]1CCCOC1)C2)=C(\C)CC)c1cccc(-n2ncc(C(=O)O)c2OC(C)C)n1. The second-order valence-corrected chi connectivity index (χ2v) is 12.2. The number of benzene rings is 1. The Labute approximate surface area is 266 Å². The van der Waals surface area contributed by atoms with Crippen molar-refractivity contribution in [2.75, 3.05) is 19.8 Å². The van der Waals surface area contributed by atoms with Crippen LogP contribution in [0.2, 0.25) is 0 Å². The first-order valence-corrected chi connectivity index (χ1v) is 16.1. The molecular formula is C36H46N4O5. The number of rotatable bonds is 11. The molecule has 5 rings (SSSR count). The summed E-state index contributed by atoms with van der Waals surface area (Å²) in [4.78, 5) is 19.3. The van der Waals surface area contributed by atoms with Gasteiger partial charge in [0.1, 0.15) is 17.9 Å². The van der Waals surface area contributed by atoms with Gasteiger partial charge in [-0.3, -0.25) is 4.90 Å². The molecule has 2 aromatic heterocycles. The molecule has 0 aliphatic carbocycles. The minimum atomic E-state index is -1.10. The number of nitrogens with zero attached hydrogens (tertiary/aromatic N) is 4. The molecule has 0 radical (unpaired) electrons. The molecule has 0 amide bonds. The maximum atomic E-state index is 11.8. The van der Waals surface area contributed by atoms with Crippen LogP contribution in [-0.2, 0) is 29.0 Å². The van der Waals surface area contributed by atoms with Gasteiger partial charge in [0, 0.05) is 31.3 Å². The van der Waals surface area contributed by atoms with Gasteiger partial charge < -0.3 is 19.3 Å². The van der Waals surface area contributed by atoms with Gasteiger partial charge in [0.15, 0.2) is 5.82 Å². The zero-order valence-corrected chi connectivity index (χ0v) is 27.4. The predicted octanol–water partition coefficient (Wildman–Crippen LogP) is 6.90. The lowest BCUT2D eigenvalue weighted by Crippen LogP contribution is -2.44. The maximum Gasteiger partial charge on any atom is 0.342 e. The van der Waals surface area contributed by atoms with Gasteiger partial charge >= 0.3 is 5.97 Å². The van der Waals surface area contributed by atoms with Gasteiger partial charge in [-0.25, -0.2) is 9.78 Å². The highest BCUT2D eigenvalue weighted by molar-refractivity contribution is 5.90. The minimum absolute atomic E-state index is 0.0102. The van der Waals surface area contributed by atoms with E-state index in [4.69, 9.17) is 19.2 Å². The van der Waals surface area contributed by atoms with Crippen LogP contribution < -0.4 is 4.74 Å². The van der Waals surface area contributed by atoms with E-state index >= 15 is 0 Å². The average Bonchev–Trinajstić information content (AvgIpc) is 3.47. The summed E-state index contributed by atoms with van der Waals surface area (Å²) in [7, 11) is 0. The fraction of sp³-hybridized carbons (Fsp3) is 0.472. The van der Waals surface area contributed by atoms with Crippen LogP contribution in [0, 0.1) is 6.92 Å². The lowest BCUT2D eigenvalue weighted by molar-refractivity contribution is 0.0125. The molecule has 9 heteroatoms. The van der Waals surface area contributed by atoms with E-state index in [1.54, 1.807) is 6.07 Å². The number of pyridine rings is 1. The molecule has 4 heterocycles. The predicted molar refractivity (Wildman–Crippen MR) is 175 cm³/mol. The molecule has 3 aromatic rings. The quantitative estimate of drug-likeness (QED) is 0.184. The first kappa shape index (κ1) is 32.4. The van der Waals surface area contributed by atoms with E-state index in [0.29, 0.717) is 24.2 Å². The maximum absolute atomic E-state index is 11.8. The standard InChI is InChI=1S/C36H46N4O5/c1-7-24(5)34(44-21-27-15-14-26-20-39(17-16-30(26)25(27)6)28-11-10-18-43-22-28)29(8-2)32-12-9-13-33(38-32)40-35(45-23(3)4)31(19-37-40)36(41)42/h8-9,12-15,19,23,28H,7,10-11,16-18,20-22H2,1-6H3,(H,41,42)/b29-8-,34-24+/t28-/m0/s1. The Balaban J connectivity index is 1.38. The number of carboxylic acids is 1. The Morgan fingerprint density at radius 3 is 2.76 bits per heavy atom. The zero-order chi connectivity index (χ0) is 32.1. The molecule has 45 heavy (non-hydrogen) atoms. The molecule has 0 spiro atoms. The normalized spacial score (nSPS) is 18.0. The Hall–Kier alpha value is -3.95. The second-order valence-electron chi connectivity index (χ2n) is 12.2. The first-order chi connectivity index (χ1) is 21.7. The van der Waals surface area contributed by atoms with Gasteiger partial charge in [0.05, 0.1) is 24.6 Å². The van der Waals surface area contributed by atoms with Crippen molar-refractivity contribution in [1.29, 1.82) is 0 Å². The zero-order valence-electron chi connectivity index (χ0n) is 27.4. The Morgan fingerprint density at radius 1 is 1.24 bits per heavy atom. The molecule has 0 saturated carbocycles. The number of carbonyl (C=O) groups is 1. The van der Waals surface area contributed by atoms with Crippen molar-refractivity contribution >= 4 is 11.5 Å². The van der Waals surface area contributed by atoms with Crippen molar-refractivity contribution in [2.24, 2.45) is 0 Å². The molecule has 1 saturated heterocycles. The number of carboxylic acid groups (broad SMARTS) is 1. The van der Waals surface area contributed by atoms with E-state index in [-0.39, 0.29) is 17.5 Å². The number of hydrogen-bond donors (Lipinski definition) is 1. The highest BCUT2D eigenvalue weighted by atomic mass is 16.5. The summed E-state index contributed by atoms with van der Waals surface area (Å²) in [5.74, 6) is 0.311. The summed E-state index contributed by atoms with van der Waals surface area (Å²) in [5, 5.41) is 14.0. The van der Waals surface area contributed by atoms with Gasteiger partial charge in [-0.15, -0.1) is 0 Å². The summed E-state index contributed by atoms with van der Waals surface area (Å²) in [5.41, 5.74) is 8.04. The largest absolute Gasteiger partial charge is 0.488 e. The Morgan fingerprint density at radius 2 is 2.07 bits per heavy atom. The number of aromatic nitrogens is 3. The van der Waals surface area contributed by atoms with Crippen LogP contribution in [0.25, 0.3) is 11.4 Å². The van der Waals surface area contributed by atoms with Crippen molar-refractivity contribution < 1.29 is 24.1 Å². The fourth-order valence-corrected chi connectivity index (χ4v) is 6.20. The monoisotopic (exact) mass is 614 g/mol. The summed E-state index contributed by atoms with van der Waals surface area (Å²) in [6.45, 7) is 16.3. The third-order valence-electron chi connectivity index (χ3n) is 8.84. The summed E-state index contributed by atoms with van der Waals surface area (Å²) in [6.07, 6.45) is 7.30. The van der Waals surface area contributed by atoms with E-state index in [1.807, 2.05) is 39.0 Å². The molecule has 0 bridgehead atoms. The van der Waals surface area contributed by atoms with Crippen molar-refractivity contribution in [3.05, 3.63) is 87.4 Å². The van der Waals surface area contributed by atoms with Gasteiger partial charge in [-0.1, -0.05) is 31.2 Å². The molecule has 1 atom stereocenters. The third-order valence-corrected chi connectivity index (χ3v) is 8.84. The topological polar surface area (TPSA) is 98.9 Å². The molecule has 240 valence electrons. The number of fused-ring (bicyclic) bond motifs is 1. The fourth-order valence-electron chi connectivity index (χ4n) is 6.20. The number of aromatic carboxylic acids is 1. The van der Waals surface area contributed by atoms with Crippen molar-refractivity contribution in [3.63, 3.8) is 0 Å². The Kier molecular flexibility index (Phi) is 10.4. The van der Waals surface area contributed by atoms with Crippen LogP contribution >= 0.6 is 0 Å². The van der Waals surface area contributed by atoms with Gasteiger partial charge in [-0.2, -0.15) is 9.78 Å². The van der Waals surface area contributed by atoms with E-state index in [9.17, 15) is 9.90 Å². The van der Waals surface area contributed by atoms with E-state index in [2.05, 4.69) is 42.9 Å². The molecule has 2 aliphatic heterocycles. The van der Waals surface area contributed by atoms with Crippen LogP contribution in [-0.4, -0.2) is 62.6 Å². The first-order valence-electron chi connectivity index (χ1n) is 16.1. The Bertz CT molecular complexity index is 1580. The summed E-state index contributed by atoms with van der Waals surface area (Å²) < 4.78 is 19.7. The molecule has 1 aromatic carbocycles. The minimum Gasteiger partial charge on any atom is -0.488 e. The molecular weight excluding hydrogens is 568 g/mol. The third kappa shape index (κ3) is 7.15. The van der Waals surface area contributed by atoms with E-state index < -0.39 is 5.97 Å². The van der Waals surface area contributed by atoms with Crippen LogP contribution in [0.15, 0.2) is 53.9 Å².